The maximum atomic E-state index is 11.9. The molecule has 0 amide bonds. The van der Waals surface area contributed by atoms with E-state index in [9.17, 15) is 4.79 Å². The molecule has 0 radical (unpaired) electrons. The Morgan fingerprint density at radius 3 is 2.84 bits per heavy atom. The molecule has 0 fully saturated rings. The van der Waals surface area contributed by atoms with Crippen molar-refractivity contribution in [3.05, 3.63) is 54.5 Å². The van der Waals surface area contributed by atoms with E-state index in [2.05, 4.69) is 40.3 Å². The number of halogens is 1. The van der Waals surface area contributed by atoms with Crippen LogP contribution in [0.5, 0.6) is 0 Å². The van der Waals surface area contributed by atoms with Crippen molar-refractivity contribution in [2.45, 2.75) is 26.9 Å². The lowest BCUT2D eigenvalue weighted by Gasteiger charge is -2.08. The molecule has 2 rings (SSSR count). The first-order valence-corrected chi connectivity index (χ1v) is 7.80. The van der Waals surface area contributed by atoms with E-state index in [0.29, 0.717) is 6.54 Å². The molecule has 0 saturated heterocycles. The van der Waals surface area contributed by atoms with Crippen LogP contribution in [0.25, 0.3) is 0 Å². The standard InChI is InChI=1S/C14H17BrN2OS/c1-10-7-12(15)9-17(14(10)18)6-5-16-8-13-4-3-11(2)19-13/h3-4,7,9,16H,5-6,8H2,1-2H3. The molecule has 19 heavy (non-hydrogen) atoms. The van der Waals surface area contributed by atoms with Crippen LogP contribution in [0.15, 0.2) is 33.7 Å². The number of nitrogens with one attached hydrogen (secondary N) is 1. The molecule has 0 unspecified atom stereocenters. The first-order valence-electron chi connectivity index (χ1n) is 6.19. The van der Waals surface area contributed by atoms with Crippen molar-refractivity contribution in [3.63, 3.8) is 0 Å². The molecule has 0 atom stereocenters. The lowest BCUT2D eigenvalue weighted by Crippen LogP contribution is -2.27. The fraction of sp³-hybridized carbons (Fsp3) is 0.357. The zero-order valence-corrected chi connectivity index (χ0v) is 13.5. The molecule has 0 aliphatic rings. The third-order valence-corrected chi connectivity index (χ3v) is 4.29. The number of hydrogen-bond donors (Lipinski definition) is 1. The predicted molar refractivity (Wildman–Crippen MR) is 83.9 cm³/mol. The summed E-state index contributed by atoms with van der Waals surface area (Å²) in [4.78, 5) is 14.6. The number of rotatable bonds is 5. The van der Waals surface area contributed by atoms with E-state index in [1.54, 1.807) is 15.9 Å². The summed E-state index contributed by atoms with van der Waals surface area (Å²) in [6.45, 7) is 6.28. The van der Waals surface area contributed by atoms with E-state index in [1.807, 2.05) is 19.2 Å². The van der Waals surface area contributed by atoms with E-state index >= 15 is 0 Å². The molecule has 2 aromatic heterocycles. The van der Waals surface area contributed by atoms with Crippen LogP contribution in [-0.4, -0.2) is 11.1 Å². The summed E-state index contributed by atoms with van der Waals surface area (Å²) in [6, 6.07) is 6.12. The SMILES string of the molecule is Cc1ccc(CNCCn2cc(Br)cc(C)c2=O)s1. The Hall–Kier alpha value is -0.910. The first kappa shape index (κ1) is 14.5. The average Bonchev–Trinajstić information content (AvgIpc) is 2.76. The van der Waals surface area contributed by atoms with Crippen molar-refractivity contribution >= 4 is 27.3 Å². The van der Waals surface area contributed by atoms with Gasteiger partial charge in [0.05, 0.1) is 0 Å². The molecule has 0 aromatic carbocycles. The molecular weight excluding hydrogens is 324 g/mol. The fourth-order valence-electron chi connectivity index (χ4n) is 1.90. The Kier molecular flexibility index (Phi) is 4.96. The Morgan fingerprint density at radius 2 is 2.16 bits per heavy atom. The molecule has 2 heterocycles. The molecule has 1 N–H and O–H groups in total. The Bertz CT molecular complexity index is 618. The number of pyridine rings is 1. The van der Waals surface area contributed by atoms with E-state index in [-0.39, 0.29) is 5.56 Å². The van der Waals surface area contributed by atoms with Gasteiger partial charge in [0.1, 0.15) is 0 Å². The minimum Gasteiger partial charge on any atom is -0.313 e. The van der Waals surface area contributed by atoms with Crippen molar-refractivity contribution in [3.8, 4) is 0 Å². The van der Waals surface area contributed by atoms with Crippen molar-refractivity contribution in [2.24, 2.45) is 0 Å². The molecule has 3 nitrogen and oxygen atoms in total. The molecule has 0 aliphatic carbocycles. The van der Waals surface area contributed by atoms with E-state index in [4.69, 9.17) is 0 Å². The van der Waals surface area contributed by atoms with Crippen LogP contribution in [0.1, 0.15) is 15.3 Å². The van der Waals surface area contributed by atoms with Gasteiger partial charge in [0.15, 0.2) is 0 Å². The molecule has 0 saturated carbocycles. The van der Waals surface area contributed by atoms with Crippen molar-refractivity contribution in [1.29, 1.82) is 0 Å². The smallest absolute Gasteiger partial charge is 0.253 e. The number of nitrogens with zero attached hydrogens (tertiary/aromatic N) is 1. The van der Waals surface area contributed by atoms with Gasteiger partial charge in [-0.25, -0.2) is 0 Å². The topological polar surface area (TPSA) is 34.0 Å². The van der Waals surface area contributed by atoms with Gasteiger partial charge in [-0.1, -0.05) is 0 Å². The van der Waals surface area contributed by atoms with Gasteiger partial charge in [0, 0.05) is 45.6 Å². The summed E-state index contributed by atoms with van der Waals surface area (Å²) < 4.78 is 2.69. The maximum Gasteiger partial charge on any atom is 0.253 e. The van der Waals surface area contributed by atoms with Gasteiger partial charge in [0.2, 0.25) is 0 Å². The molecule has 0 spiro atoms. The van der Waals surface area contributed by atoms with Crippen LogP contribution in [0.2, 0.25) is 0 Å². The number of aromatic nitrogens is 1. The quantitative estimate of drug-likeness (QED) is 0.848. The summed E-state index contributed by atoms with van der Waals surface area (Å²) in [5.74, 6) is 0. The van der Waals surface area contributed by atoms with Gasteiger partial charge in [0.25, 0.3) is 5.56 Å². The summed E-state index contributed by atoms with van der Waals surface area (Å²) in [5.41, 5.74) is 0.847. The van der Waals surface area contributed by atoms with Crippen molar-refractivity contribution < 1.29 is 0 Å². The minimum atomic E-state index is 0.0805. The van der Waals surface area contributed by atoms with Gasteiger partial charge in [-0.3, -0.25) is 4.79 Å². The van der Waals surface area contributed by atoms with Gasteiger partial charge in [-0.2, -0.15) is 0 Å². The largest absolute Gasteiger partial charge is 0.313 e. The summed E-state index contributed by atoms with van der Waals surface area (Å²) in [6.07, 6.45) is 1.84. The molecular formula is C14H17BrN2OS. The van der Waals surface area contributed by atoms with Crippen molar-refractivity contribution in [1.82, 2.24) is 9.88 Å². The van der Waals surface area contributed by atoms with Crippen LogP contribution in [0.4, 0.5) is 0 Å². The third kappa shape index (κ3) is 4.03. The summed E-state index contributed by atoms with van der Waals surface area (Å²) >= 11 is 5.22. The predicted octanol–water partition coefficient (Wildman–Crippen LogP) is 3.08. The highest BCUT2D eigenvalue weighted by Crippen LogP contribution is 2.14. The number of aryl methyl sites for hydroxylation is 2. The molecule has 0 aliphatic heterocycles. The number of hydrogen-bond acceptors (Lipinski definition) is 3. The maximum absolute atomic E-state index is 11.9. The second-order valence-electron chi connectivity index (χ2n) is 4.53. The summed E-state index contributed by atoms with van der Waals surface area (Å²) in [7, 11) is 0. The highest BCUT2D eigenvalue weighted by Gasteiger charge is 2.02. The monoisotopic (exact) mass is 340 g/mol. The van der Waals surface area contributed by atoms with Crippen LogP contribution in [0, 0.1) is 13.8 Å². The Labute approximate surface area is 125 Å². The molecule has 0 bridgehead atoms. The van der Waals surface area contributed by atoms with Gasteiger partial charge >= 0.3 is 0 Å². The third-order valence-electron chi connectivity index (χ3n) is 2.86. The van der Waals surface area contributed by atoms with Gasteiger partial charge in [-0.05, 0) is 48.0 Å². The second-order valence-corrected chi connectivity index (χ2v) is 6.82. The van der Waals surface area contributed by atoms with Gasteiger partial charge in [-0.15, -0.1) is 11.3 Å². The second kappa shape index (κ2) is 6.50. The van der Waals surface area contributed by atoms with Crippen LogP contribution < -0.4 is 10.9 Å². The average molecular weight is 341 g/mol. The Morgan fingerprint density at radius 1 is 1.37 bits per heavy atom. The lowest BCUT2D eigenvalue weighted by atomic mass is 10.3. The molecule has 2 aromatic rings. The normalized spacial score (nSPS) is 10.9. The van der Waals surface area contributed by atoms with Gasteiger partial charge < -0.3 is 9.88 Å². The van der Waals surface area contributed by atoms with E-state index < -0.39 is 0 Å². The highest BCUT2D eigenvalue weighted by atomic mass is 79.9. The molecule has 102 valence electrons. The van der Waals surface area contributed by atoms with E-state index in [1.165, 1.54) is 9.75 Å². The van der Waals surface area contributed by atoms with Crippen LogP contribution >= 0.6 is 27.3 Å². The molecule has 5 heteroatoms. The first-order chi connectivity index (χ1) is 9.06. The fourth-order valence-corrected chi connectivity index (χ4v) is 3.35. The highest BCUT2D eigenvalue weighted by molar-refractivity contribution is 9.10. The zero-order chi connectivity index (χ0) is 13.8. The lowest BCUT2D eigenvalue weighted by molar-refractivity contribution is 0.585. The van der Waals surface area contributed by atoms with Crippen molar-refractivity contribution in [2.75, 3.05) is 6.54 Å². The Balaban J connectivity index is 1.88. The minimum absolute atomic E-state index is 0.0805. The van der Waals surface area contributed by atoms with Crippen LogP contribution in [0.3, 0.4) is 0 Å². The van der Waals surface area contributed by atoms with Crippen LogP contribution in [-0.2, 0) is 13.1 Å². The summed E-state index contributed by atoms with van der Waals surface area (Å²) in [5, 5.41) is 3.37. The number of thiophene rings is 1. The zero-order valence-electron chi connectivity index (χ0n) is 11.1. The van der Waals surface area contributed by atoms with E-state index in [0.717, 1.165) is 23.1 Å².